The van der Waals surface area contributed by atoms with Crippen LogP contribution in [0.2, 0.25) is 5.02 Å². The van der Waals surface area contributed by atoms with Gasteiger partial charge in [0.15, 0.2) is 18.1 Å². The molecule has 1 aliphatic carbocycles. The van der Waals surface area contributed by atoms with E-state index < -0.39 is 0 Å². The maximum atomic E-state index is 11.5. The number of halogens is 1. The lowest BCUT2D eigenvalue weighted by Crippen LogP contribution is -2.30. The number of methoxy groups -OCH3 is 1. The number of nitrogens with one attached hydrogen (secondary N) is 1. The van der Waals surface area contributed by atoms with Crippen LogP contribution in [0.1, 0.15) is 18.4 Å². The standard InChI is InChI=1S/C13H16ClNO4/c1-18-11-5-8(6-16)4-10(14)13(11)19-7-12(17)15-9-2-3-9/h4-5,9,16H,2-3,6-7H2,1H3,(H,15,17). The molecule has 0 aliphatic heterocycles. The van der Waals surface area contributed by atoms with Crippen LogP contribution in [0.25, 0.3) is 0 Å². The number of ether oxygens (including phenoxy) is 2. The van der Waals surface area contributed by atoms with Crippen molar-refractivity contribution in [2.24, 2.45) is 0 Å². The summed E-state index contributed by atoms with van der Waals surface area (Å²) in [4.78, 5) is 11.5. The molecular formula is C13H16ClNO4. The van der Waals surface area contributed by atoms with Crippen LogP contribution in [0, 0.1) is 0 Å². The molecule has 104 valence electrons. The highest BCUT2D eigenvalue weighted by Crippen LogP contribution is 2.36. The van der Waals surface area contributed by atoms with Crippen molar-refractivity contribution in [2.75, 3.05) is 13.7 Å². The smallest absolute Gasteiger partial charge is 0.258 e. The summed E-state index contributed by atoms with van der Waals surface area (Å²) >= 11 is 6.05. The van der Waals surface area contributed by atoms with Gasteiger partial charge in [-0.15, -0.1) is 0 Å². The fourth-order valence-corrected chi connectivity index (χ4v) is 1.93. The van der Waals surface area contributed by atoms with Crippen LogP contribution in [0.3, 0.4) is 0 Å². The Morgan fingerprint density at radius 1 is 1.53 bits per heavy atom. The van der Waals surface area contributed by atoms with Crippen molar-refractivity contribution in [3.8, 4) is 11.5 Å². The summed E-state index contributed by atoms with van der Waals surface area (Å²) in [7, 11) is 1.48. The quantitative estimate of drug-likeness (QED) is 0.831. The van der Waals surface area contributed by atoms with Gasteiger partial charge in [-0.05, 0) is 30.5 Å². The van der Waals surface area contributed by atoms with E-state index in [-0.39, 0.29) is 19.1 Å². The van der Waals surface area contributed by atoms with Crippen LogP contribution >= 0.6 is 11.6 Å². The summed E-state index contributed by atoms with van der Waals surface area (Å²) in [6.45, 7) is -0.246. The first-order chi connectivity index (χ1) is 9.13. The highest BCUT2D eigenvalue weighted by atomic mass is 35.5. The van der Waals surface area contributed by atoms with E-state index in [2.05, 4.69) is 5.32 Å². The predicted octanol–water partition coefficient (Wildman–Crippen LogP) is 1.50. The molecule has 1 aliphatic rings. The van der Waals surface area contributed by atoms with Crippen molar-refractivity contribution < 1.29 is 19.4 Å². The van der Waals surface area contributed by atoms with E-state index in [0.29, 0.717) is 28.1 Å². The Morgan fingerprint density at radius 2 is 2.26 bits per heavy atom. The molecule has 1 aromatic carbocycles. The Hall–Kier alpha value is -1.46. The Labute approximate surface area is 116 Å². The van der Waals surface area contributed by atoms with Crippen molar-refractivity contribution in [3.63, 3.8) is 0 Å². The molecule has 0 saturated heterocycles. The lowest BCUT2D eigenvalue weighted by molar-refractivity contribution is -0.123. The van der Waals surface area contributed by atoms with Gasteiger partial charge >= 0.3 is 0 Å². The number of carbonyl (C=O) groups is 1. The Bertz CT molecular complexity index is 474. The second-order valence-corrected chi connectivity index (χ2v) is 4.80. The summed E-state index contributed by atoms with van der Waals surface area (Å²) < 4.78 is 10.5. The maximum absolute atomic E-state index is 11.5. The largest absolute Gasteiger partial charge is 0.493 e. The van der Waals surface area contributed by atoms with Gasteiger partial charge in [-0.1, -0.05) is 11.6 Å². The molecule has 0 aromatic heterocycles. The van der Waals surface area contributed by atoms with E-state index in [9.17, 15) is 4.79 Å². The SMILES string of the molecule is COc1cc(CO)cc(Cl)c1OCC(=O)NC1CC1. The third kappa shape index (κ3) is 3.75. The van der Waals surface area contributed by atoms with Gasteiger partial charge in [0, 0.05) is 6.04 Å². The minimum Gasteiger partial charge on any atom is -0.493 e. The van der Waals surface area contributed by atoms with Gasteiger partial charge in [-0.25, -0.2) is 0 Å². The van der Waals surface area contributed by atoms with Crippen molar-refractivity contribution in [3.05, 3.63) is 22.7 Å². The monoisotopic (exact) mass is 285 g/mol. The van der Waals surface area contributed by atoms with Crippen molar-refractivity contribution in [1.82, 2.24) is 5.32 Å². The van der Waals surface area contributed by atoms with E-state index >= 15 is 0 Å². The number of amides is 1. The molecule has 6 heteroatoms. The zero-order valence-corrected chi connectivity index (χ0v) is 11.4. The maximum Gasteiger partial charge on any atom is 0.258 e. The zero-order chi connectivity index (χ0) is 13.8. The van der Waals surface area contributed by atoms with E-state index in [1.54, 1.807) is 12.1 Å². The number of aliphatic hydroxyl groups excluding tert-OH is 1. The predicted molar refractivity (Wildman–Crippen MR) is 70.6 cm³/mol. The molecule has 1 amide bonds. The van der Waals surface area contributed by atoms with Crippen LogP contribution in [-0.4, -0.2) is 30.8 Å². The Balaban J connectivity index is 2.03. The lowest BCUT2D eigenvalue weighted by Gasteiger charge is -2.13. The van der Waals surface area contributed by atoms with E-state index in [1.807, 2.05) is 0 Å². The molecule has 2 N–H and O–H groups in total. The lowest BCUT2D eigenvalue weighted by atomic mass is 10.2. The number of carbonyl (C=O) groups excluding carboxylic acids is 1. The summed E-state index contributed by atoms with van der Waals surface area (Å²) in [6.07, 6.45) is 2.06. The minimum atomic E-state index is -0.174. The summed E-state index contributed by atoms with van der Waals surface area (Å²) in [6, 6.07) is 3.50. The average molecular weight is 286 g/mol. The van der Waals surface area contributed by atoms with Gasteiger partial charge in [-0.3, -0.25) is 4.79 Å². The molecule has 0 atom stereocenters. The third-order valence-electron chi connectivity index (χ3n) is 2.76. The molecule has 1 fully saturated rings. The van der Waals surface area contributed by atoms with Crippen molar-refractivity contribution in [1.29, 1.82) is 0 Å². The van der Waals surface area contributed by atoms with Gasteiger partial charge in [0.05, 0.1) is 18.7 Å². The second kappa shape index (κ2) is 6.12. The van der Waals surface area contributed by atoms with E-state index in [0.717, 1.165) is 12.8 Å². The zero-order valence-electron chi connectivity index (χ0n) is 10.6. The summed E-state index contributed by atoms with van der Waals surface area (Å²) in [5.41, 5.74) is 0.622. The van der Waals surface area contributed by atoms with Crippen molar-refractivity contribution >= 4 is 17.5 Å². The van der Waals surface area contributed by atoms with Gasteiger partial charge in [-0.2, -0.15) is 0 Å². The molecule has 0 radical (unpaired) electrons. The van der Waals surface area contributed by atoms with Crippen LogP contribution < -0.4 is 14.8 Å². The van der Waals surface area contributed by atoms with Gasteiger partial charge in [0.1, 0.15) is 0 Å². The van der Waals surface area contributed by atoms with Crippen LogP contribution in [-0.2, 0) is 11.4 Å². The van der Waals surface area contributed by atoms with Crippen LogP contribution in [0.15, 0.2) is 12.1 Å². The Morgan fingerprint density at radius 3 is 2.84 bits per heavy atom. The fourth-order valence-electron chi connectivity index (χ4n) is 1.64. The van der Waals surface area contributed by atoms with Crippen LogP contribution in [0.5, 0.6) is 11.5 Å². The number of rotatable bonds is 6. The number of hydrogen-bond acceptors (Lipinski definition) is 4. The van der Waals surface area contributed by atoms with Gasteiger partial charge < -0.3 is 19.9 Å². The molecule has 2 rings (SSSR count). The Kier molecular flexibility index (Phi) is 4.50. The summed E-state index contributed by atoms with van der Waals surface area (Å²) in [5, 5.41) is 12.2. The molecule has 1 saturated carbocycles. The highest BCUT2D eigenvalue weighted by molar-refractivity contribution is 6.32. The number of hydrogen-bond donors (Lipinski definition) is 2. The van der Waals surface area contributed by atoms with Gasteiger partial charge in [0.25, 0.3) is 5.91 Å². The van der Waals surface area contributed by atoms with Crippen molar-refractivity contribution in [2.45, 2.75) is 25.5 Å². The first-order valence-electron chi connectivity index (χ1n) is 6.03. The topological polar surface area (TPSA) is 67.8 Å². The molecular weight excluding hydrogens is 270 g/mol. The van der Waals surface area contributed by atoms with E-state index in [1.165, 1.54) is 7.11 Å². The second-order valence-electron chi connectivity index (χ2n) is 4.40. The first kappa shape index (κ1) is 14.0. The third-order valence-corrected chi connectivity index (χ3v) is 3.04. The molecule has 0 unspecified atom stereocenters. The molecule has 0 spiro atoms. The number of aliphatic hydroxyl groups is 1. The molecule has 0 heterocycles. The normalized spacial score (nSPS) is 14.1. The fraction of sp³-hybridized carbons (Fsp3) is 0.462. The molecule has 5 nitrogen and oxygen atoms in total. The number of benzene rings is 1. The van der Waals surface area contributed by atoms with Gasteiger partial charge in [0.2, 0.25) is 0 Å². The van der Waals surface area contributed by atoms with Crippen LogP contribution in [0.4, 0.5) is 0 Å². The minimum absolute atomic E-state index is 0.106. The average Bonchev–Trinajstić information content (AvgIpc) is 3.20. The highest BCUT2D eigenvalue weighted by Gasteiger charge is 2.23. The molecule has 1 aromatic rings. The first-order valence-corrected chi connectivity index (χ1v) is 6.41. The molecule has 0 bridgehead atoms. The summed E-state index contributed by atoms with van der Waals surface area (Å²) in [5.74, 6) is 0.537. The molecule has 19 heavy (non-hydrogen) atoms. The van der Waals surface area contributed by atoms with E-state index in [4.69, 9.17) is 26.2 Å².